The molecule has 33 heavy (non-hydrogen) atoms. The van der Waals surface area contributed by atoms with E-state index in [-0.39, 0.29) is 43.2 Å². The summed E-state index contributed by atoms with van der Waals surface area (Å²) in [5.41, 5.74) is 0. The van der Waals surface area contributed by atoms with Gasteiger partial charge in [0.25, 0.3) is 0 Å². The van der Waals surface area contributed by atoms with Crippen molar-refractivity contribution in [3.63, 3.8) is 0 Å². The minimum atomic E-state index is -3.95. The molecule has 0 radical (unpaired) electrons. The number of anilines is 1. The van der Waals surface area contributed by atoms with Crippen LogP contribution in [0.3, 0.4) is 0 Å². The second-order valence-corrected chi connectivity index (χ2v) is 10.3. The van der Waals surface area contributed by atoms with Crippen molar-refractivity contribution in [3.8, 4) is 0 Å². The molecule has 3 heterocycles. The number of aromatic nitrogens is 5. The number of rotatable bonds is 11. The standard InChI is InChI=1S/C20H31FN6O5S/c1-12-6-7-17(32-12)19-24-25-20(27(19)16(10-30-4)11-31-5)26-33(28,29)14(3)13(2)18-22-8-15(21)9-23-18/h8-9,12-14,16-17H,6-7,10-11H2,1-5H3,(H,25,26)/t12-,13?,14?,17-/m1/s1. The van der Waals surface area contributed by atoms with Crippen molar-refractivity contribution in [1.82, 2.24) is 24.7 Å². The summed E-state index contributed by atoms with van der Waals surface area (Å²) in [5.74, 6) is -0.413. The van der Waals surface area contributed by atoms with Crippen LogP contribution in [0.25, 0.3) is 0 Å². The lowest BCUT2D eigenvalue weighted by Gasteiger charge is -2.24. The Morgan fingerprint density at radius 1 is 1.18 bits per heavy atom. The molecule has 0 bridgehead atoms. The number of hydrogen-bond acceptors (Lipinski definition) is 9. The van der Waals surface area contributed by atoms with Gasteiger partial charge in [-0.2, -0.15) is 0 Å². The molecule has 4 atom stereocenters. The molecule has 0 aliphatic carbocycles. The van der Waals surface area contributed by atoms with Crippen molar-refractivity contribution in [1.29, 1.82) is 0 Å². The third-order valence-electron chi connectivity index (χ3n) is 5.80. The summed E-state index contributed by atoms with van der Waals surface area (Å²) in [6.07, 6.45) is 3.39. The predicted molar refractivity (Wildman–Crippen MR) is 118 cm³/mol. The maximum atomic E-state index is 13.2. The van der Waals surface area contributed by atoms with Crippen molar-refractivity contribution < 1.29 is 27.0 Å². The van der Waals surface area contributed by atoms with E-state index < -0.39 is 27.0 Å². The van der Waals surface area contributed by atoms with Crippen LogP contribution in [0.1, 0.15) is 63.3 Å². The number of methoxy groups -OCH3 is 2. The lowest BCUT2D eigenvalue weighted by molar-refractivity contribution is 0.0406. The van der Waals surface area contributed by atoms with Crippen LogP contribution < -0.4 is 4.72 Å². The quantitative estimate of drug-likeness (QED) is 0.508. The highest BCUT2D eigenvalue weighted by Gasteiger charge is 2.35. The van der Waals surface area contributed by atoms with E-state index in [9.17, 15) is 12.8 Å². The summed E-state index contributed by atoms with van der Waals surface area (Å²) in [7, 11) is -0.842. The highest BCUT2D eigenvalue weighted by atomic mass is 32.2. The third-order valence-corrected chi connectivity index (χ3v) is 7.65. The maximum absolute atomic E-state index is 13.2. The lowest BCUT2D eigenvalue weighted by atomic mass is 10.1. The SMILES string of the molecule is COCC(COC)n1c(NS(=O)(=O)C(C)C(C)c2ncc(F)cn2)nnc1[C@H]1CC[C@@H](C)O1. The first-order valence-corrected chi connectivity index (χ1v) is 12.3. The number of nitrogens with zero attached hydrogens (tertiary/aromatic N) is 5. The van der Waals surface area contributed by atoms with Gasteiger partial charge in [-0.15, -0.1) is 10.2 Å². The van der Waals surface area contributed by atoms with Crippen molar-refractivity contribution in [2.75, 3.05) is 32.2 Å². The molecule has 0 aromatic carbocycles. The van der Waals surface area contributed by atoms with Crippen LogP contribution in [-0.4, -0.2) is 71.9 Å². The van der Waals surface area contributed by atoms with Gasteiger partial charge in [0.05, 0.1) is 43.0 Å². The fraction of sp³-hybridized carbons (Fsp3) is 0.700. The van der Waals surface area contributed by atoms with E-state index in [1.807, 2.05) is 6.92 Å². The van der Waals surface area contributed by atoms with Gasteiger partial charge in [-0.1, -0.05) is 6.92 Å². The molecule has 184 valence electrons. The van der Waals surface area contributed by atoms with E-state index in [0.717, 1.165) is 25.2 Å². The van der Waals surface area contributed by atoms with Crippen LogP contribution in [0.15, 0.2) is 12.4 Å². The number of hydrogen-bond donors (Lipinski definition) is 1. The Morgan fingerprint density at radius 3 is 2.36 bits per heavy atom. The Morgan fingerprint density at radius 2 is 1.82 bits per heavy atom. The second-order valence-electron chi connectivity index (χ2n) is 8.23. The van der Waals surface area contributed by atoms with E-state index in [1.165, 1.54) is 6.92 Å². The fourth-order valence-corrected chi connectivity index (χ4v) is 5.02. The maximum Gasteiger partial charge on any atom is 0.238 e. The van der Waals surface area contributed by atoms with Gasteiger partial charge in [0, 0.05) is 20.1 Å². The van der Waals surface area contributed by atoms with Crippen molar-refractivity contribution in [2.45, 2.75) is 63.0 Å². The average molecular weight is 487 g/mol. The Labute approximate surface area is 193 Å². The number of ether oxygens (including phenoxy) is 3. The molecule has 2 unspecified atom stereocenters. The molecule has 1 N–H and O–H groups in total. The van der Waals surface area contributed by atoms with Gasteiger partial charge >= 0.3 is 0 Å². The number of sulfonamides is 1. The highest BCUT2D eigenvalue weighted by molar-refractivity contribution is 7.93. The van der Waals surface area contributed by atoms with E-state index in [2.05, 4.69) is 24.9 Å². The van der Waals surface area contributed by atoms with Gasteiger partial charge in [-0.25, -0.2) is 22.8 Å². The van der Waals surface area contributed by atoms with Crippen molar-refractivity contribution in [3.05, 3.63) is 29.9 Å². The first-order chi connectivity index (χ1) is 15.7. The molecule has 1 aliphatic rings. The minimum absolute atomic E-state index is 0.0475. The molecule has 1 fully saturated rings. The van der Waals surface area contributed by atoms with Gasteiger partial charge in [0.1, 0.15) is 11.9 Å². The van der Waals surface area contributed by atoms with Crippen LogP contribution in [0.2, 0.25) is 0 Å². The fourth-order valence-electron chi connectivity index (χ4n) is 3.78. The van der Waals surface area contributed by atoms with Gasteiger partial charge in [0.15, 0.2) is 11.6 Å². The molecule has 1 aliphatic heterocycles. The van der Waals surface area contributed by atoms with E-state index in [0.29, 0.717) is 5.82 Å². The molecule has 11 nitrogen and oxygen atoms in total. The zero-order valence-electron chi connectivity index (χ0n) is 19.4. The molecule has 1 saturated heterocycles. The van der Waals surface area contributed by atoms with E-state index in [1.54, 1.807) is 25.7 Å². The van der Waals surface area contributed by atoms with Crippen LogP contribution in [0.4, 0.5) is 10.3 Å². The lowest BCUT2D eigenvalue weighted by Crippen LogP contribution is -2.33. The monoisotopic (exact) mass is 486 g/mol. The van der Waals surface area contributed by atoms with E-state index >= 15 is 0 Å². The summed E-state index contributed by atoms with van der Waals surface area (Å²) >= 11 is 0. The minimum Gasteiger partial charge on any atom is -0.382 e. The summed E-state index contributed by atoms with van der Waals surface area (Å²) in [4.78, 5) is 7.83. The number of nitrogens with one attached hydrogen (secondary N) is 1. The Balaban J connectivity index is 1.92. The zero-order chi connectivity index (χ0) is 24.2. The summed E-state index contributed by atoms with van der Waals surface area (Å²) in [5, 5.41) is 7.45. The molecule has 13 heteroatoms. The average Bonchev–Trinajstić information content (AvgIpc) is 3.38. The first-order valence-electron chi connectivity index (χ1n) is 10.7. The Hall–Kier alpha value is -2.22. The Kier molecular flexibility index (Phi) is 8.32. The van der Waals surface area contributed by atoms with Crippen LogP contribution in [-0.2, 0) is 24.2 Å². The molecule has 0 saturated carbocycles. The Bertz CT molecular complexity index is 1010. The summed E-state index contributed by atoms with van der Waals surface area (Å²) < 4.78 is 60.5. The molecular formula is C20H31FN6O5S. The zero-order valence-corrected chi connectivity index (χ0v) is 20.2. The van der Waals surface area contributed by atoms with Gasteiger partial charge in [-0.3, -0.25) is 9.29 Å². The molecule has 3 rings (SSSR count). The van der Waals surface area contributed by atoms with E-state index in [4.69, 9.17) is 14.2 Å². The molecule has 2 aromatic heterocycles. The third kappa shape index (κ3) is 5.83. The van der Waals surface area contributed by atoms with Gasteiger partial charge < -0.3 is 14.2 Å². The molecule has 0 spiro atoms. The van der Waals surface area contributed by atoms with Gasteiger partial charge in [0.2, 0.25) is 16.0 Å². The largest absolute Gasteiger partial charge is 0.382 e. The smallest absolute Gasteiger partial charge is 0.238 e. The van der Waals surface area contributed by atoms with Crippen LogP contribution in [0.5, 0.6) is 0 Å². The molecule has 0 amide bonds. The normalized spacial score (nSPS) is 20.8. The van der Waals surface area contributed by atoms with Crippen LogP contribution >= 0.6 is 0 Å². The number of halogens is 1. The summed E-state index contributed by atoms with van der Waals surface area (Å²) in [6, 6.07) is -0.379. The molecular weight excluding hydrogens is 455 g/mol. The highest BCUT2D eigenvalue weighted by Crippen LogP contribution is 2.34. The summed E-state index contributed by atoms with van der Waals surface area (Å²) in [6.45, 7) is 5.69. The topological polar surface area (TPSA) is 130 Å². The first kappa shape index (κ1) is 25.4. The van der Waals surface area contributed by atoms with Crippen LogP contribution in [0, 0.1) is 5.82 Å². The molecule has 2 aromatic rings. The second kappa shape index (κ2) is 10.8. The van der Waals surface area contributed by atoms with Crippen molar-refractivity contribution >= 4 is 16.0 Å². The van der Waals surface area contributed by atoms with Gasteiger partial charge in [-0.05, 0) is 26.7 Å². The van der Waals surface area contributed by atoms with Crippen molar-refractivity contribution in [2.24, 2.45) is 0 Å². The predicted octanol–water partition coefficient (Wildman–Crippen LogP) is 2.21.